The van der Waals surface area contributed by atoms with Crippen LogP contribution in [-0.4, -0.2) is 38.1 Å². The molecule has 1 amide bonds. The van der Waals surface area contributed by atoms with Crippen molar-refractivity contribution in [2.24, 2.45) is 10.2 Å². The fraction of sp³-hybridized carbons (Fsp3) is 0.167. The van der Waals surface area contributed by atoms with Crippen molar-refractivity contribution in [3.63, 3.8) is 0 Å². The zero-order valence-electron chi connectivity index (χ0n) is 15.6. The van der Waals surface area contributed by atoms with Crippen LogP contribution in [0.3, 0.4) is 0 Å². The maximum absolute atomic E-state index is 12.7. The number of carbonyl (C=O) groups is 1. The molecule has 1 aliphatic rings. The van der Waals surface area contributed by atoms with Crippen LogP contribution in [-0.2, 0) is 14.9 Å². The molecule has 8 nitrogen and oxygen atoms in total. The molecule has 1 saturated heterocycles. The summed E-state index contributed by atoms with van der Waals surface area (Å²) in [5, 5.41) is 10.7. The van der Waals surface area contributed by atoms with Crippen molar-refractivity contribution in [1.82, 2.24) is 5.32 Å². The fourth-order valence-electron chi connectivity index (χ4n) is 2.32. The Kier molecular flexibility index (Phi) is 7.22. The molecule has 0 radical (unpaired) electrons. The molecule has 2 aromatic carbocycles. The number of nitrogens with one attached hydrogen (secondary N) is 1. The number of hydrogen-bond donors (Lipinski definition) is 1. The van der Waals surface area contributed by atoms with Gasteiger partial charge in [-0.1, -0.05) is 27.7 Å². The summed E-state index contributed by atoms with van der Waals surface area (Å²) in [7, 11) is -2.71. The van der Waals surface area contributed by atoms with Crippen molar-refractivity contribution >= 4 is 71.0 Å². The summed E-state index contributed by atoms with van der Waals surface area (Å²) < 4.78 is 36.9. The van der Waals surface area contributed by atoms with Crippen LogP contribution in [0.5, 0.6) is 11.5 Å². The SMILES string of the molecule is COc1cc(/C=N\N=C2/NC(=O)[C@@H](C)S2)ccc1OS(=O)(=O)c1cc(Br)ccc1Br. The lowest BCUT2D eigenvalue weighted by atomic mass is 10.2. The number of halogens is 2. The fourth-order valence-corrected chi connectivity index (χ4v) is 5.47. The molecular formula is C18H15Br2N3O5S2. The molecule has 1 fully saturated rings. The second-order valence-corrected chi connectivity index (χ2v) is 10.5. The Morgan fingerprint density at radius 2 is 1.93 bits per heavy atom. The van der Waals surface area contributed by atoms with Gasteiger partial charge in [-0.2, -0.15) is 13.5 Å². The first-order chi connectivity index (χ1) is 14.2. The molecule has 1 aliphatic heterocycles. The highest BCUT2D eigenvalue weighted by molar-refractivity contribution is 9.11. The first-order valence-corrected chi connectivity index (χ1v) is 12.2. The highest BCUT2D eigenvalue weighted by atomic mass is 79.9. The van der Waals surface area contributed by atoms with Crippen molar-refractivity contribution in [2.45, 2.75) is 17.1 Å². The van der Waals surface area contributed by atoms with E-state index in [4.69, 9.17) is 8.92 Å². The number of amidine groups is 1. The minimum Gasteiger partial charge on any atom is -0.493 e. The second-order valence-electron chi connectivity index (χ2n) is 5.92. The third kappa shape index (κ3) is 5.42. The molecule has 1 heterocycles. The topological polar surface area (TPSA) is 106 Å². The van der Waals surface area contributed by atoms with Crippen LogP contribution in [0, 0.1) is 0 Å². The highest BCUT2D eigenvalue weighted by Gasteiger charge is 2.26. The molecule has 0 aliphatic carbocycles. The zero-order chi connectivity index (χ0) is 21.9. The number of ether oxygens (including phenoxy) is 1. The summed E-state index contributed by atoms with van der Waals surface area (Å²) in [6, 6.07) is 9.38. The first kappa shape index (κ1) is 22.8. The van der Waals surface area contributed by atoms with Gasteiger partial charge in [0.25, 0.3) is 0 Å². The molecule has 0 aromatic heterocycles. The van der Waals surface area contributed by atoms with Crippen LogP contribution < -0.4 is 14.2 Å². The van der Waals surface area contributed by atoms with Crippen LogP contribution in [0.2, 0.25) is 0 Å². The van der Waals surface area contributed by atoms with Crippen molar-refractivity contribution < 1.29 is 22.1 Å². The van der Waals surface area contributed by atoms with Gasteiger partial charge in [0.1, 0.15) is 4.90 Å². The number of thioether (sulfide) groups is 1. The minimum atomic E-state index is -4.11. The van der Waals surface area contributed by atoms with Crippen LogP contribution in [0.15, 0.2) is 60.4 Å². The van der Waals surface area contributed by atoms with Gasteiger partial charge in [-0.05, 0) is 64.8 Å². The summed E-state index contributed by atoms with van der Waals surface area (Å²) in [5.41, 5.74) is 0.604. The van der Waals surface area contributed by atoms with Gasteiger partial charge in [-0.25, -0.2) is 0 Å². The molecule has 2 aromatic rings. The Balaban J connectivity index is 1.81. The molecule has 0 bridgehead atoms. The average Bonchev–Trinajstić information content (AvgIpc) is 3.02. The van der Waals surface area contributed by atoms with Crippen molar-refractivity contribution in [3.05, 3.63) is 50.9 Å². The van der Waals surface area contributed by atoms with Crippen LogP contribution in [0.1, 0.15) is 12.5 Å². The number of carbonyl (C=O) groups excluding carboxylic acids is 1. The van der Waals surface area contributed by atoms with E-state index in [1.165, 1.54) is 37.2 Å². The van der Waals surface area contributed by atoms with Gasteiger partial charge in [0.15, 0.2) is 16.7 Å². The third-order valence-electron chi connectivity index (χ3n) is 3.79. The van der Waals surface area contributed by atoms with Crippen molar-refractivity contribution in [2.75, 3.05) is 7.11 Å². The molecule has 0 saturated carbocycles. The maximum atomic E-state index is 12.7. The number of benzene rings is 2. The van der Waals surface area contributed by atoms with Crippen LogP contribution in [0.4, 0.5) is 0 Å². The molecule has 0 unspecified atom stereocenters. The van der Waals surface area contributed by atoms with E-state index in [-0.39, 0.29) is 27.6 Å². The Labute approximate surface area is 194 Å². The Morgan fingerprint density at radius 1 is 1.17 bits per heavy atom. The van der Waals surface area contributed by atoms with Gasteiger partial charge in [-0.15, -0.1) is 5.10 Å². The lowest BCUT2D eigenvalue weighted by Crippen LogP contribution is -2.23. The van der Waals surface area contributed by atoms with E-state index in [9.17, 15) is 13.2 Å². The highest BCUT2D eigenvalue weighted by Crippen LogP contribution is 2.33. The van der Waals surface area contributed by atoms with E-state index in [2.05, 4.69) is 47.4 Å². The summed E-state index contributed by atoms with van der Waals surface area (Å²) in [5.74, 6) is 0.120. The molecule has 0 spiro atoms. The van der Waals surface area contributed by atoms with Gasteiger partial charge in [0.2, 0.25) is 5.91 Å². The lowest BCUT2D eigenvalue weighted by molar-refractivity contribution is -0.118. The monoisotopic (exact) mass is 575 g/mol. The lowest BCUT2D eigenvalue weighted by Gasteiger charge is -2.12. The molecule has 158 valence electrons. The molecule has 1 atom stereocenters. The van der Waals surface area contributed by atoms with E-state index in [0.29, 0.717) is 19.7 Å². The standard InChI is InChI=1S/C18H15Br2N3O5S2/c1-10-17(24)22-18(29-10)23-21-9-11-3-6-14(15(7-11)27-2)28-30(25,26)16-8-12(19)4-5-13(16)20/h3-10H,1-2H3,(H,22,23,24)/b21-9-/t10-/m1/s1. The minimum absolute atomic E-state index is 0.0225. The van der Waals surface area contributed by atoms with E-state index in [1.54, 1.807) is 31.2 Å². The Hall–Kier alpha value is -1.89. The normalized spacial score (nSPS) is 18.1. The van der Waals surface area contributed by atoms with Gasteiger partial charge in [0, 0.05) is 8.95 Å². The van der Waals surface area contributed by atoms with Crippen molar-refractivity contribution in [3.8, 4) is 11.5 Å². The Morgan fingerprint density at radius 3 is 2.60 bits per heavy atom. The zero-order valence-corrected chi connectivity index (χ0v) is 20.4. The number of methoxy groups -OCH3 is 1. The molecule has 12 heteroatoms. The first-order valence-electron chi connectivity index (χ1n) is 8.36. The number of rotatable bonds is 6. The van der Waals surface area contributed by atoms with Gasteiger partial charge in [0.05, 0.1) is 18.6 Å². The average molecular weight is 577 g/mol. The molecule has 1 N–H and O–H groups in total. The second kappa shape index (κ2) is 9.50. The molecule has 3 rings (SSSR count). The van der Waals surface area contributed by atoms with Gasteiger partial charge >= 0.3 is 10.1 Å². The summed E-state index contributed by atoms with van der Waals surface area (Å²) >= 11 is 7.76. The quantitative estimate of drug-likeness (QED) is 0.317. The predicted octanol–water partition coefficient (Wildman–Crippen LogP) is 3.93. The number of hydrogen-bond acceptors (Lipinski definition) is 8. The van der Waals surface area contributed by atoms with Crippen LogP contribution >= 0.6 is 43.6 Å². The van der Waals surface area contributed by atoms with Gasteiger partial charge < -0.3 is 14.2 Å². The predicted molar refractivity (Wildman–Crippen MR) is 123 cm³/mol. The van der Waals surface area contributed by atoms with E-state index >= 15 is 0 Å². The maximum Gasteiger partial charge on any atom is 0.340 e. The van der Waals surface area contributed by atoms with E-state index in [0.717, 1.165) is 0 Å². The number of amides is 1. The summed E-state index contributed by atoms with van der Waals surface area (Å²) in [6.07, 6.45) is 1.45. The molecule has 30 heavy (non-hydrogen) atoms. The largest absolute Gasteiger partial charge is 0.493 e. The van der Waals surface area contributed by atoms with Gasteiger partial charge in [-0.3, -0.25) is 4.79 Å². The third-order valence-corrected chi connectivity index (χ3v) is 7.49. The summed E-state index contributed by atoms with van der Waals surface area (Å²) in [4.78, 5) is 11.4. The number of nitrogens with zero attached hydrogens (tertiary/aromatic N) is 2. The van der Waals surface area contributed by atoms with E-state index < -0.39 is 10.1 Å². The smallest absolute Gasteiger partial charge is 0.340 e. The Bertz CT molecular complexity index is 1150. The van der Waals surface area contributed by atoms with Crippen molar-refractivity contribution in [1.29, 1.82) is 0 Å². The summed E-state index contributed by atoms with van der Waals surface area (Å²) in [6.45, 7) is 1.77. The molecular weight excluding hydrogens is 562 g/mol. The van der Waals surface area contributed by atoms with Crippen LogP contribution in [0.25, 0.3) is 0 Å². The van der Waals surface area contributed by atoms with E-state index in [1.807, 2.05) is 0 Å².